The van der Waals surface area contributed by atoms with Crippen LogP contribution in [0.4, 0.5) is 0 Å². The predicted octanol–water partition coefficient (Wildman–Crippen LogP) is 3.80. The van der Waals surface area contributed by atoms with Crippen LogP contribution in [0.1, 0.15) is 57.7 Å². The summed E-state index contributed by atoms with van der Waals surface area (Å²) in [7, 11) is 0. The van der Waals surface area contributed by atoms with Crippen LogP contribution in [-0.2, 0) is 0 Å². The van der Waals surface area contributed by atoms with Crippen LogP contribution in [0.3, 0.4) is 0 Å². The standard InChI is InChI=1S/C18H30N2/c1-14(2)15-6-8-16(9-7-15)17(18(3,4)5)20-12-10-19-11-13-20/h6-9,14,17,19H,10-13H2,1-5H3/t17-/m1/s1. The van der Waals surface area contributed by atoms with E-state index in [1.165, 1.54) is 11.1 Å². The van der Waals surface area contributed by atoms with Gasteiger partial charge in [-0.15, -0.1) is 0 Å². The lowest BCUT2D eigenvalue weighted by Crippen LogP contribution is -2.48. The number of hydrogen-bond donors (Lipinski definition) is 1. The minimum absolute atomic E-state index is 0.261. The van der Waals surface area contributed by atoms with Crippen LogP contribution in [0.5, 0.6) is 0 Å². The topological polar surface area (TPSA) is 15.3 Å². The molecule has 2 rings (SSSR count). The lowest BCUT2D eigenvalue weighted by Gasteiger charge is -2.42. The van der Waals surface area contributed by atoms with Crippen molar-refractivity contribution in [3.8, 4) is 0 Å². The maximum absolute atomic E-state index is 3.45. The highest BCUT2D eigenvalue weighted by molar-refractivity contribution is 5.28. The molecule has 2 heteroatoms. The lowest BCUT2D eigenvalue weighted by molar-refractivity contribution is 0.0862. The van der Waals surface area contributed by atoms with Crippen molar-refractivity contribution in [2.75, 3.05) is 26.2 Å². The van der Waals surface area contributed by atoms with Crippen LogP contribution in [0.25, 0.3) is 0 Å². The van der Waals surface area contributed by atoms with Gasteiger partial charge in [-0.05, 0) is 22.5 Å². The van der Waals surface area contributed by atoms with Gasteiger partial charge in [0.1, 0.15) is 0 Å². The second-order valence-corrected chi connectivity index (χ2v) is 7.38. The van der Waals surface area contributed by atoms with E-state index in [0.29, 0.717) is 12.0 Å². The molecule has 0 aliphatic carbocycles. The minimum atomic E-state index is 0.261. The zero-order chi connectivity index (χ0) is 14.8. The van der Waals surface area contributed by atoms with Gasteiger partial charge in [0, 0.05) is 32.2 Å². The van der Waals surface area contributed by atoms with E-state index in [0.717, 1.165) is 26.2 Å². The van der Waals surface area contributed by atoms with Crippen LogP contribution in [0, 0.1) is 5.41 Å². The van der Waals surface area contributed by atoms with E-state index in [9.17, 15) is 0 Å². The van der Waals surface area contributed by atoms with Crippen molar-refractivity contribution >= 4 is 0 Å². The number of nitrogens with one attached hydrogen (secondary N) is 1. The molecule has 1 aliphatic rings. The van der Waals surface area contributed by atoms with E-state index in [1.807, 2.05) is 0 Å². The number of benzene rings is 1. The molecule has 2 nitrogen and oxygen atoms in total. The predicted molar refractivity (Wildman–Crippen MR) is 87.2 cm³/mol. The summed E-state index contributed by atoms with van der Waals surface area (Å²) in [6, 6.07) is 9.80. The van der Waals surface area contributed by atoms with Crippen LogP contribution >= 0.6 is 0 Å². The third kappa shape index (κ3) is 3.62. The Labute approximate surface area is 124 Å². The van der Waals surface area contributed by atoms with Crippen LogP contribution < -0.4 is 5.32 Å². The maximum Gasteiger partial charge on any atom is 0.0397 e. The van der Waals surface area contributed by atoms with Gasteiger partial charge in [-0.25, -0.2) is 0 Å². The molecule has 1 saturated heterocycles. The van der Waals surface area contributed by atoms with Gasteiger partial charge >= 0.3 is 0 Å². The summed E-state index contributed by atoms with van der Waals surface area (Å²) in [6.07, 6.45) is 0. The van der Waals surface area contributed by atoms with Crippen LogP contribution in [0.2, 0.25) is 0 Å². The first-order chi connectivity index (χ1) is 9.39. The monoisotopic (exact) mass is 274 g/mol. The SMILES string of the molecule is CC(C)c1ccc([C@@H](N2CCNCC2)C(C)(C)C)cc1. The Hall–Kier alpha value is -0.860. The van der Waals surface area contributed by atoms with Gasteiger partial charge in [0.2, 0.25) is 0 Å². The number of hydrogen-bond acceptors (Lipinski definition) is 2. The summed E-state index contributed by atoms with van der Waals surface area (Å²) < 4.78 is 0. The Morgan fingerprint density at radius 3 is 1.90 bits per heavy atom. The van der Waals surface area contributed by atoms with Gasteiger partial charge in [0.05, 0.1) is 0 Å². The molecule has 0 saturated carbocycles. The van der Waals surface area contributed by atoms with Crippen LogP contribution in [-0.4, -0.2) is 31.1 Å². The fourth-order valence-corrected chi connectivity index (χ4v) is 3.26. The van der Waals surface area contributed by atoms with Crippen molar-refractivity contribution in [1.29, 1.82) is 0 Å². The van der Waals surface area contributed by atoms with E-state index in [-0.39, 0.29) is 5.41 Å². The largest absolute Gasteiger partial charge is 0.314 e. The molecule has 20 heavy (non-hydrogen) atoms. The Balaban J connectivity index is 2.26. The van der Waals surface area contributed by atoms with Crippen molar-refractivity contribution < 1.29 is 0 Å². The van der Waals surface area contributed by atoms with E-state index in [1.54, 1.807) is 0 Å². The average Bonchev–Trinajstić information content (AvgIpc) is 2.39. The maximum atomic E-state index is 3.45. The summed E-state index contributed by atoms with van der Waals surface area (Å²) in [5, 5.41) is 3.45. The molecule has 0 radical (unpaired) electrons. The molecule has 0 spiro atoms. The first-order valence-electron chi connectivity index (χ1n) is 7.94. The highest BCUT2D eigenvalue weighted by atomic mass is 15.2. The Morgan fingerprint density at radius 1 is 0.950 bits per heavy atom. The molecule has 1 N–H and O–H groups in total. The zero-order valence-corrected chi connectivity index (χ0v) is 13.7. The number of nitrogens with zero attached hydrogens (tertiary/aromatic N) is 1. The van der Waals surface area contributed by atoms with Crippen LogP contribution in [0.15, 0.2) is 24.3 Å². The highest BCUT2D eigenvalue weighted by Gasteiger charge is 2.32. The van der Waals surface area contributed by atoms with Gasteiger partial charge in [-0.2, -0.15) is 0 Å². The minimum Gasteiger partial charge on any atom is -0.314 e. The van der Waals surface area contributed by atoms with Gasteiger partial charge in [0.25, 0.3) is 0 Å². The molecule has 1 atom stereocenters. The van der Waals surface area contributed by atoms with Gasteiger partial charge in [0.15, 0.2) is 0 Å². The molecule has 0 amide bonds. The van der Waals surface area contributed by atoms with Crippen molar-refractivity contribution in [1.82, 2.24) is 10.2 Å². The van der Waals surface area contributed by atoms with E-state index in [2.05, 4.69) is 69.1 Å². The molecular formula is C18H30N2. The summed E-state index contributed by atoms with van der Waals surface area (Å²) in [6.45, 7) is 16.1. The third-order valence-electron chi connectivity index (χ3n) is 4.26. The van der Waals surface area contributed by atoms with Crippen molar-refractivity contribution in [2.45, 2.75) is 46.6 Å². The van der Waals surface area contributed by atoms with E-state index >= 15 is 0 Å². The average molecular weight is 274 g/mol. The molecule has 0 aromatic heterocycles. The molecule has 1 heterocycles. The smallest absolute Gasteiger partial charge is 0.0397 e. The van der Waals surface area contributed by atoms with E-state index in [4.69, 9.17) is 0 Å². The summed E-state index contributed by atoms with van der Waals surface area (Å²) in [5.41, 5.74) is 3.15. The lowest BCUT2D eigenvalue weighted by atomic mass is 9.80. The Kier molecular flexibility index (Phi) is 4.87. The molecular weight excluding hydrogens is 244 g/mol. The van der Waals surface area contributed by atoms with Crippen molar-refractivity contribution in [3.05, 3.63) is 35.4 Å². The first kappa shape index (κ1) is 15.5. The van der Waals surface area contributed by atoms with Gasteiger partial charge in [-0.3, -0.25) is 4.90 Å². The summed E-state index contributed by atoms with van der Waals surface area (Å²) >= 11 is 0. The molecule has 1 aromatic carbocycles. The normalized spacial score (nSPS) is 19.3. The fraction of sp³-hybridized carbons (Fsp3) is 0.667. The third-order valence-corrected chi connectivity index (χ3v) is 4.26. The summed E-state index contributed by atoms with van der Waals surface area (Å²) in [5.74, 6) is 0.608. The molecule has 1 fully saturated rings. The molecule has 1 aliphatic heterocycles. The Bertz CT molecular complexity index is 408. The molecule has 1 aromatic rings. The summed E-state index contributed by atoms with van der Waals surface area (Å²) in [4.78, 5) is 2.64. The quantitative estimate of drug-likeness (QED) is 0.902. The van der Waals surface area contributed by atoms with Gasteiger partial charge in [-0.1, -0.05) is 58.9 Å². The number of piperazine rings is 1. The van der Waals surface area contributed by atoms with E-state index < -0.39 is 0 Å². The van der Waals surface area contributed by atoms with Crippen molar-refractivity contribution in [2.24, 2.45) is 5.41 Å². The first-order valence-corrected chi connectivity index (χ1v) is 7.94. The fourth-order valence-electron chi connectivity index (χ4n) is 3.26. The second kappa shape index (κ2) is 6.28. The molecule has 0 bridgehead atoms. The van der Waals surface area contributed by atoms with Crippen molar-refractivity contribution in [3.63, 3.8) is 0 Å². The number of rotatable bonds is 3. The molecule has 0 unspecified atom stereocenters. The zero-order valence-electron chi connectivity index (χ0n) is 13.7. The second-order valence-electron chi connectivity index (χ2n) is 7.38. The van der Waals surface area contributed by atoms with Gasteiger partial charge < -0.3 is 5.32 Å². The molecule has 112 valence electrons. The highest BCUT2D eigenvalue weighted by Crippen LogP contribution is 2.38. The Morgan fingerprint density at radius 2 is 1.45 bits per heavy atom.